The predicted molar refractivity (Wildman–Crippen MR) is 117 cm³/mol. The average molecular weight is 432 g/mol. The highest BCUT2D eigenvalue weighted by molar-refractivity contribution is 8.00. The zero-order valence-corrected chi connectivity index (χ0v) is 18.8. The molecule has 9 heteroatoms. The molecule has 1 amide bonds. The number of aromatic nitrogens is 4. The van der Waals surface area contributed by atoms with Crippen LogP contribution >= 0.6 is 23.1 Å². The molecule has 3 aromatic rings. The third-order valence-corrected chi connectivity index (χ3v) is 6.07. The lowest BCUT2D eigenvalue weighted by molar-refractivity contribution is -0.115. The van der Waals surface area contributed by atoms with Crippen LogP contribution < -0.4 is 10.1 Å². The van der Waals surface area contributed by atoms with Crippen molar-refractivity contribution in [3.05, 3.63) is 46.7 Å². The number of nitrogens with one attached hydrogen (secondary N) is 1. The van der Waals surface area contributed by atoms with Crippen LogP contribution in [-0.2, 0) is 11.4 Å². The van der Waals surface area contributed by atoms with Crippen molar-refractivity contribution in [1.29, 1.82) is 0 Å². The maximum atomic E-state index is 12.4. The first kappa shape index (κ1) is 21.3. The summed E-state index contributed by atoms with van der Waals surface area (Å²) in [7, 11) is 0. The quantitative estimate of drug-likeness (QED) is 0.524. The Morgan fingerprint density at radius 1 is 1.24 bits per heavy atom. The summed E-state index contributed by atoms with van der Waals surface area (Å²) < 4.78 is 8.08. The number of hydrogen-bond acceptors (Lipinski definition) is 7. The lowest BCUT2D eigenvalue weighted by atomic mass is 10.1. The van der Waals surface area contributed by atoms with Crippen molar-refractivity contribution >= 4 is 34.1 Å². The van der Waals surface area contributed by atoms with Gasteiger partial charge in [-0.05, 0) is 45.7 Å². The summed E-state index contributed by atoms with van der Waals surface area (Å²) in [6.45, 7) is 10.3. The molecular weight excluding hydrogens is 406 g/mol. The van der Waals surface area contributed by atoms with E-state index < -0.39 is 0 Å². The number of hydrogen-bond donors (Lipinski definition) is 1. The number of ether oxygens (including phenoxy) is 1. The monoisotopic (exact) mass is 431 g/mol. The summed E-state index contributed by atoms with van der Waals surface area (Å²) in [5, 5.41) is 14.2. The third-order valence-electron chi connectivity index (χ3n) is 4.32. The van der Waals surface area contributed by atoms with Gasteiger partial charge in [-0.25, -0.2) is 4.98 Å². The summed E-state index contributed by atoms with van der Waals surface area (Å²) in [5.41, 5.74) is 2.17. The second-order valence-corrected chi connectivity index (χ2v) is 9.16. The van der Waals surface area contributed by atoms with Gasteiger partial charge in [-0.3, -0.25) is 4.79 Å². The maximum absolute atomic E-state index is 12.4. The number of carbonyl (C=O) groups is 1. The number of amides is 1. The minimum atomic E-state index is -0.340. The van der Waals surface area contributed by atoms with Gasteiger partial charge in [-0.1, -0.05) is 30.0 Å². The normalized spacial score (nSPS) is 12.2. The van der Waals surface area contributed by atoms with Crippen molar-refractivity contribution in [2.45, 2.75) is 57.7 Å². The van der Waals surface area contributed by atoms with Crippen molar-refractivity contribution in [3.63, 3.8) is 0 Å². The number of nitrogens with zero attached hydrogens (tertiary/aromatic N) is 4. The van der Waals surface area contributed by atoms with E-state index in [1.54, 1.807) is 6.20 Å². The van der Waals surface area contributed by atoms with E-state index in [2.05, 4.69) is 34.3 Å². The number of rotatable bonds is 8. The van der Waals surface area contributed by atoms with E-state index >= 15 is 0 Å². The number of benzene rings is 1. The van der Waals surface area contributed by atoms with Gasteiger partial charge in [0.05, 0.1) is 5.25 Å². The number of anilines is 1. The van der Waals surface area contributed by atoms with Crippen LogP contribution in [0.2, 0.25) is 0 Å². The molecule has 0 fully saturated rings. The second kappa shape index (κ2) is 9.41. The van der Waals surface area contributed by atoms with E-state index in [1.165, 1.54) is 23.1 Å². The van der Waals surface area contributed by atoms with Crippen LogP contribution in [0.3, 0.4) is 0 Å². The first-order valence-corrected chi connectivity index (χ1v) is 11.1. The highest BCUT2D eigenvalue weighted by Gasteiger charge is 2.22. The van der Waals surface area contributed by atoms with E-state index in [0.717, 1.165) is 22.7 Å². The molecule has 7 nitrogen and oxygen atoms in total. The Kier molecular flexibility index (Phi) is 6.92. The van der Waals surface area contributed by atoms with Crippen LogP contribution in [-0.4, -0.2) is 30.9 Å². The van der Waals surface area contributed by atoms with E-state index in [-0.39, 0.29) is 17.2 Å². The first-order valence-electron chi connectivity index (χ1n) is 9.36. The zero-order valence-electron chi connectivity index (χ0n) is 17.2. The van der Waals surface area contributed by atoms with E-state index in [1.807, 2.05) is 48.9 Å². The molecule has 0 aliphatic rings. The molecule has 0 aliphatic carbocycles. The van der Waals surface area contributed by atoms with Crippen LogP contribution in [0.5, 0.6) is 5.75 Å². The van der Waals surface area contributed by atoms with Gasteiger partial charge in [-0.15, -0.1) is 21.5 Å². The molecule has 1 unspecified atom stereocenters. The maximum Gasteiger partial charge on any atom is 0.239 e. The molecule has 1 aromatic carbocycles. The Bertz CT molecular complexity index is 949. The molecule has 2 aromatic heterocycles. The summed E-state index contributed by atoms with van der Waals surface area (Å²) in [5.74, 6) is 1.49. The number of para-hydroxylation sites is 1. The Morgan fingerprint density at radius 2 is 1.97 bits per heavy atom. The van der Waals surface area contributed by atoms with Gasteiger partial charge >= 0.3 is 0 Å². The standard InChI is InChI=1S/C20H25N5O2S2/c1-12(2)25-16(11-27-17-13(3)7-6-8-14(17)4)23-24-20(25)29-15(5)18(26)22-19-21-9-10-28-19/h6-10,12,15H,11H2,1-5H3,(H,21,22,26). The topological polar surface area (TPSA) is 81.9 Å². The van der Waals surface area contributed by atoms with Gasteiger partial charge in [0.25, 0.3) is 0 Å². The summed E-state index contributed by atoms with van der Waals surface area (Å²) in [4.78, 5) is 16.5. The van der Waals surface area contributed by atoms with Gasteiger partial charge in [0.15, 0.2) is 16.1 Å². The van der Waals surface area contributed by atoms with Gasteiger partial charge < -0.3 is 14.6 Å². The molecule has 1 atom stereocenters. The van der Waals surface area contributed by atoms with Gasteiger partial charge in [0.1, 0.15) is 12.4 Å². The molecular formula is C20H25N5O2S2. The fraction of sp³-hybridized carbons (Fsp3) is 0.400. The van der Waals surface area contributed by atoms with Crippen molar-refractivity contribution < 1.29 is 9.53 Å². The lowest BCUT2D eigenvalue weighted by Crippen LogP contribution is -2.23. The molecule has 0 spiro atoms. The SMILES string of the molecule is Cc1cccc(C)c1OCc1nnc(SC(C)C(=O)Nc2nccs2)n1C(C)C. The minimum Gasteiger partial charge on any atom is -0.485 e. The number of aryl methyl sites for hydroxylation is 2. The summed E-state index contributed by atoms with van der Waals surface area (Å²) in [6, 6.07) is 6.21. The van der Waals surface area contributed by atoms with E-state index in [0.29, 0.717) is 16.9 Å². The fourth-order valence-electron chi connectivity index (χ4n) is 2.87. The van der Waals surface area contributed by atoms with Crippen LogP contribution in [0.4, 0.5) is 5.13 Å². The lowest BCUT2D eigenvalue weighted by Gasteiger charge is -2.17. The fourth-order valence-corrected chi connectivity index (χ4v) is 4.40. The van der Waals surface area contributed by atoms with Crippen molar-refractivity contribution in [2.24, 2.45) is 0 Å². The Hall–Kier alpha value is -2.39. The first-order chi connectivity index (χ1) is 13.9. The Morgan fingerprint density at radius 3 is 2.59 bits per heavy atom. The third kappa shape index (κ3) is 5.16. The molecule has 0 radical (unpaired) electrons. The zero-order chi connectivity index (χ0) is 21.0. The Balaban J connectivity index is 1.72. The van der Waals surface area contributed by atoms with Crippen molar-refractivity contribution in [3.8, 4) is 5.75 Å². The highest BCUT2D eigenvalue weighted by atomic mass is 32.2. The van der Waals surface area contributed by atoms with Crippen molar-refractivity contribution in [2.75, 3.05) is 5.32 Å². The average Bonchev–Trinajstić information content (AvgIpc) is 3.31. The number of thioether (sulfide) groups is 1. The van der Waals surface area contributed by atoms with Gasteiger partial charge in [0, 0.05) is 17.6 Å². The molecule has 0 saturated carbocycles. The van der Waals surface area contributed by atoms with Crippen molar-refractivity contribution in [1.82, 2.24) is 19.7 Å². The van der Waals surface area contributed by atoms with Crippen LogP contribution in [0.25, 0.3) is 0 Å². The highest BCUT2D eigenvalue weighted by Crippen LogP contribution is 2.28. The van der Waals surface area contributed by atoms with E-state index in [4.69, 9.17) is 4.74 Å². The minimum absolute atomic E-state index is 0.114. The summed E-state index contributed by atoms with van der Waals surface area (Å²) in [6.07, 6.45) is 1.66. The largest absolute Gasteiger partial charge is 0.485 e. The van der Waals surface area contributed by atoms with Gasteiger partial charge in [-0.2, -0.15) is 0 Å². The molecule has 0 aliphatic heterocycles. The smallest absolute Gasteiger partial charge is 0.239 e. The van der Waals surface area contributed by atoms with Crippen LogP contribution in [0.15, 0.2) is 34.9 Å². The molecule has 2 heterocycles. The molecule has 0 bridgehead atoms. The van der Waals surface area contributed by atoms with Gasteiger partial charge in [0.2, 0.25) is 5.91 Å². The van der Waals surface area contributed by atoms with Crippen LogP contribution in [0.1, 0.15) is 43.8 Å². The number of thiazole rings is 1. The molecule has 154 valence electrons. The molecule has 0 saturated heterocycles. The predicted octanol–water partition coefficient (Wildman–Crippen LogP) is 4.63. The Labute approximate surface area is 178 Å². The molecule has 29 heavy (non-hydrogen) atoms. The number of carbonyl (C=O) groups excluding carboxylic acids is 1. The molecule has 3 rings (SSSR count). The van der Waals surface area contributed by atoms with Crippen LogP contribution in [0, 0.1) is 13.8 Å². The molecule has 1 N–H and O–H groups in total. The summed E-state index contributed by atoms with van der Waals surface area (Å²) >= 11 is 2.77. The second-order valence-electron chi connectivity index (χ2n) is 6.96. The van der Waals surface area contributed by atoms with E-state index in [9.17, 15) is 4.79 Å².